The first-order valence-corrected chi connectivity index (χ1v) is 10.3. The lowest BCUT2D eigenvalue weighted by Crippen LogP contribution is -2.12. The number of fused-ring (bicyclic) bond motifs is 1. The van der Waals surface area contributed by atoms with Gasteiger partial charge in [-0.05, 0) is 37.3 Å². The third-order valence-electron chi connectivity index (χ3n) is 4.68. The Bertz CT molecular complexity index is 1030. The zero-order valence-electron chi connectivity index (χ0n) is 17.4. The number of carbonyl (C=O) groups excluding carboxylic acids is 1. The Balaban J connectivity index is 1.47. The molecule has 2 aromatic heterocycles. The molecule has 0 fully saturated rings. The number of esters is 1. The van der Waals surface area contributed by atoms with Crippen LogP contribution in [0.15, 0.2) is 57.9 Å². The molecule has 2 heterocycles. The van der Waals surface area contributed by atoms with E-state index in [-0.39, 0.29) is 17.5 Å². The molecule has 3 rings (SSSR count). The summed E-state index contributed by atoms with van der Waals surface area (Å²) in [6.45, 7) is 4.65. The van der Waals surface area contributed by atoms with E-state index in [2.05, 4.69) is 4.98 Å². The molecular weight excluding hydrogens is 382 g/mol. The molecule has 0 unspecified atom stereocenters. The van der Waals surface area contributed by atoms with E-state index < -0.39 is 0 Å². The van der Waals surface area contributed by atoms with Crippen molar-refractivity contribution in [3.05, 3.63) is 59.1 Å². The number of hydrogen-bond donors (Lipinski definition) is 0. The van der Waals surface area contributed by atoms with E-state index in [1.165, 1.54) is 0 Å². The molecule has 0 saturated carbocycles. The van der Waals surface area contributed by atoms with Gasteiger partial charge in [0.15, 0.2) is 0 Å². The van der Waals surface area contributed by atoms with E-state index in [0.29, 0.717) is 30.2 Å². The maximum absolute atomic E-state index is 12.4. The van der Waals surface area contributed by atoms with Gasteiger partial charge in [0, 0.05) is 17.6 Å². The van der Waals surface area contributed by atoms with E-state index in [9.17, 15) is 9.59 Å². The second-order valence-corrected chi connectivity index (χ2v) is 7.46. The van der Waals surface area contributed by atoms with E-state index >= 15 is 0 Å². The minimum atomic E-state index is -0.385. The average Bonchev–Trinajstić information content (AvgIpc) is 2.75. The zero-order valence-corrected chi connectivity index (χ0v) is 17.4. The lowest BCUT2D eigenvalue weighted by Gasteiger charge is -2.08. The number of pyridine rings is 1. The molecular formula is C24H27NO5. The Morgan fingerprint density at radius 2 is 1.77 bits per heavy atom. The van der Waals surface area contributed by atoms with E-state index in [4.69, 9.17) is 13.9 Å². The van der Waals surface area contributed by atoms with Gasteiger partial charge in [0.1, 0.15) is 5.58 Å². The van der Waals surface area contributed by atoms with Crippen molar-refractivity contribution in [3.63, 3.8) is 0 Å². The van der Waals surface area contributed by atoms with Crippen LogP contribution in [0.1, 0.15) is 39.5 Å². The smallest absolute Gasteiger partial charge is 0.344 e. The van der Waals surface area contributed by atoms with Gasteiger partial charge >= 0.3 is 11.6 Å². The molecule has 0 aliphatic carbocycles. The summed E-state index contributed by atoms with van der Waals surface area (Å²) in [6, 6.07) is 12.8. The number of carbonyl (C=O) groups is 1. The van der Waals surface area contributed by atoms with Gasteiger partial charge in [-0.2, -0.15) is 0 Å². The predicted octanol–water partition coefficient (Wildman–Crippen LogP) is 4.99. The minimum Gasteiger partial charge on any atom is -0.478 e. The van der Waals surface area contributed by atoms with Gasteiger partial charge in [0.2, 0.25) is 5.88 Å². The first-order chi connectivity index (χ1) is 14.5. The highest BCUT2D eigenvalue weighted by molar-refractivity contribution is 5.81. The molecule has 0 spiro atoms. The van der Waals surface area contributed by atoms with Gasteiger partial charge in [-0.25, -0.2) is 9.78 Å². The van der Waals surface area contributed by atoms with Crippen molar-refractivity contribution < 1.29 is 18.7 Å². The molecule has 0 amide bonds. The van der Waals surface area contributed by atoms with E-state index in [1.807, 2.05) is 44.2 Å². The van der Waals surface area contributed by atoms with Gasteiger partial charge in [0.25, 0.3) is 0 Å². The molecule has 0 aliphatic heterocycles. The second-order valence-electron chi connectivity index (χ2n) is 7.46. The molecule has 30 heavy (non-hydrogen) atoms. The highest BCUT2D eigenvalue weighted by atomic mass is 16.5. The fourth-order valence-corrected chi connectivity index (χ4v) is 2.97. The Morgan fingerprint density at radius 3 is 2.50 bits per heavy atom. The monoisotopic (exact) mass is 409 g/mol. The minimum absolute atomic E-state index is 0.0813. The zero-order chi connectivity index (χ0) is 21.3. The summed E-state index contributed by atoms with van der Waals surface area (Å²) in [5.41, 5.74) is 1.39. The molecule has 0 bridgehead atoms. The first-order valence-electron chi connectivity index (χ1n) is 10.3. The summed E-state index contributed by atoms with van der Waals surface area (Å²) >= 11 is 0. The maximum atomic E-state index is 12.4. The van der Waals surface area contributed by atoms with Gasteiger partial charge in [0.05, 0.1) is 24.7 Å². The largest absolute Gasteiger partial charge is 0.478 e. The fourth-order valence-electron chi connectivity index (χ4n) is 2.97. The Morgan fingerprint density at radius 1 is 1.03 bits per heavy atom. The number of aromatic nitrogens is 1. The Labute approximate surface area is 175 Å². The lowest BCUT2D eigenvalue weighted by molar-refractivity contribution is -0.147. The number of benzene rings is 1. The molecule has 6 heteroatoms. The van der Waals surface area contributed by atoms with Gasteiger partial charge in [-0.1, -0.05) is 44.2 Å². The van der Waals surface area contributed by atoms with Crippen LogP contribution in [0.25, 0.3) is 22.1 Å². The van der Waals surface area contributed by atoms with Gasteiger partial charge in [-0.3, -0.25) is 4.79 Å². The Kier molecular flexibility index (Phi) is 7.60. The number of ether oxygens (including phenoxy) is 2. The van der Waals surface area contributed by atoms with Crippen LogP contribution in [-0.4, -0.2) is 24.2 Å². The normalized spacial score (nSPS) is 11.0. The van der Waals surface area contributed by atoms with Crippen molar-refractivity contribution in [2.75, 3.05) is 13.2 Å². The highest BCUT2D eigenvalue weighted by Crippen LogP contribution is 2.22. The van der Waals surface area contributed by atoms with Crippen molar-refractivity contribution in [2.24, 2.45) is 5.92 Å². The molecule has 0 aliphatic rings. The third kappa shape index (κ3) is 5.92. The molecule has 158 valence electrons. The van der Waals surface area contributed by atoms with Crippen LogP contribution in [0, 0.1) is 5.92 Å². The van der Waals surface area contributed by atoms with Crippen molar-refractivity contribution in [1.29, 1.82) is 0 Å². The summed E-state index contributed by atoms with van der Waals surface area (Å²) in [5.74, 6) is 0.203. The maximum Gasteiger partial charge on any atom is 0.344 e. The predicted molar refractivity (Wildman–Crippen MR) is 115 cm³/mol. The number of nitrogens with zero attached hydrogens (tertiary/aromatic N) is 1. The molecule has 0 radical (unpaired) electrons. The molecule has 1 aromatic carbocycles. The average molecular weight is 409 g/mol. The van der Waals surface area contributed by atoms with E-state index in [1.54, 1.807) is 18.3 Å². The number of hydrogen-bond acceptors (Lipinski definition) is 6. The van der Waals surface area contributed by atoms with Crippen LogP contribution in [0.5, 0.6) is 5.88 Å². The van der Waals surface area contributed by atoms with E-state index in [0.717, 1.165) is 36.6 Å². The standard InChI is InChI=1S/C24H27NO5/c1-17(2)23(26)29-13-9-4-3-8-12-28-22-15-21-19(16-25-22)14-20(24(27)30-21)18-10-6-5-7-11-18/h5-7,10-11,14-17H,3-4,8-9,12-13H2,1-2H3. The third-order valence-corrected chi connectivity index (χ3v) is 4.68. The number of rotatable bonds is 10. The lowest BCUT2D eigenvalue weighted by atomic mass is 10.1. The van der Waals surface area contributed by atoms with Gasteiger partial charge in [-0.15, -0.1) is 0 Å². The van der Waals surface area contributed by atoms with Crippen LogP contribution < -0.4 is 10.4 Å². The molecule has 0 saturated heterocycles. The van der Waals surface area contributed by atoms with Crippen LogP contribution in [0.2, 0.25) is 0 Å². The summed E-state index contributed by atoms with van der Waals surface area (Å²) < 4.78 is 16.3. The van der Waals surface area contributed by atoms with Crippen molar-refractivity contribution in [1.82, 2.24) is 4.98 Å². The van der Waals surface area contributed by atoms with Crippen LogP contribution in [-0.2, 0) is 9.53 Å². The van der Waals surface area contributed by atoms with Crippen molar-refractivity contribution >= 4 is 16.9 Å². The summed E-state index contributed by atoms with van der Waals surface area (Å²) in [5, 5.41) is 0.747. The van der Waals surface area contributed by atoms with Gasteiger partial charge < -0.3 is 13.9 Å². The number of unbranched alkanes of at least 4 members (excludes halogenated alkanes) is 3. The topological polar surface area (TPSA) is 78.6 Å². The summed E-state index contributed by atoms with van der Waals surface area (Å²) in [7, 11) is 0. The Hall–Kier alpha value is -3.15. The van der Waals surface area contributed by atoms with Crippen LogP contribution >= 0.6 is 0 Å². The fraction of sp³-hybridized carbons (Fsp3) is 0.375. The second kappa shape index (κ2) is 10.6. The molecule has 6 nitrogen and oxygen atoms in total. The quantitative estimate of drug-likeness (QED) is 0.347. The van der Waals surface area contributed by atoms with Crippen LogP contribution in [0.3, 0.4) is 0 Å². The summed E-state index contributed by atoms with van der Waals surface area (Å²) in [6.07, 6.45) is 5.32. The van der Waals surface area contributed by atoms with Crippen molar-refractivity contribution in [2.45, 2.75) is 39.5 Å². The molecule has 3 aromatic rings. The summed E-state index contributed by atoms with van der Waals surface area (Å²) in [4.78, 5) is 28.0. The van der Waals surface area contributed by atoms with Crippen LogP contribution in [0.4, 0.5) is 0 Å². The highest BCUT2D eigenvalue weighted by Gasteiger charge is 2.09. The first kappa shape index (κ1) is 21.6. The molecule has 0 N–H and O–H groups in total. The van der Waals surface area contributed by atoms with Crippen molar-refractivity contribution in [3.8, 4) is 17.0 Å². The molecule has 0 atom stereocenters. The SMILES string of the molecule is CC(C)C(=O)OCCCCCCOc1cc2oc(=O)c(-c3ccccc3)cc2cn1.